The van der Waals surface area contributed by atoms with Gasteiger partial charge in [0.15, 0.2) is 0 Å². The molecule has 4 nitrogen and oxygen atoms in total. The minimum atomic E-state index is -0.460. The van der Waals surface area contributed by atoms with E-state index in [1.165, 1.54) is 32.8 Å². The molecule has 0 saturated carbocycles. The maximum atomic E-state index is 11.3. The lowest BCUT2D eigenvalue weighted by Crippen LogP contribution is -2.01. The van der Waals surface area contributed by atoms with Gasteiger partial charge >= 0.3 is 5.97 Å². The van der Waals surface area contributed by atoms with Crippen molar-refractivity contribution in [2.24, 2.45) is 0 Å². The Morgan fingerprint density at radius 3 is 2.68 bits per heavy atom. The first kappa shape index (κ1) is 15.8. The molecule has 0 aliphatic carbocycles. The first-order valence-corrected chi connectivity index (χ1v) is 6.98. The van der Waals surface area contributed by atoms with Gasteiger partial charge in [-0.3, -0.25) is 0 Å². The van der Waals surface area contributed by atoms with Crippen molar-refractivity contribution in [3.8, 4) is 0 Å². The van der Waals surface area contributed by atoms with Crippen LogP contribution in [0.5, 0.6) is 0 Å². The number of carbonyl (C=O) groups excluding carboxylic acids is 1. The molecule has 4 heteroatoms. The average Bonchev–Trinajstić information content (AvgIpc) is 2.91. The fourth-order valence-electron chi connectivity index (χ4n) is 1.83. The summed E-state index contributed by atoms with van der Waals surface area (Å²) in [5.41, 5.74) is 0. The quantitative estimate of drug-likeness (QED) is 0.499. The lowest BCUT2D eigenvalue weighted by Gasteiger charge is -2.10. The first-order chi connectivity index (χ1) is 9.19. The molecule has 0 N–H and O–H groups in total. The summed E-state index contributed by atoms with van der Waals surface area (Å²) in [6, 6.07) is 3.37. The van der Waals surface area contributed by atoms with Crippen LogP contribution in [0.1, 0.15) is 68.4 Å². The van der Waals surface area contributed by atoms with Crippen LogP contribution in [-0.2, 0) is 9.47 Å². The molecular weight excluding hydrogens is 244 g/mol. The van der Waals surface area contributed by atoms with E-state index in [0.717, 1.165) is 13.0 Å². The molecule has 0 bridgehead atoms. The van der Waals surface area contributed by atoms with Crippen LogP contribution < -0.4 is 0 Å². The van der Waals surface area contributed by atoms with E-state index in [2.05, 4.69) is 11.7 Å². The minimum absolute atomic E-state index is 0.135. The van der Waals surface area contributed by atoms with Crippen molar-refractivity contribution in [2.45, 2.75) is 52.1 Å². The fraction of sp³-hybridized carbons (Fsp3) is 0.667. The van der Waals surface area contributed by atoms with E-state index < -0.39 is 5.97 Å². The molecule has 0 saturated heterocycles. The number of unbranched alkanes of at least 4 members (excludes halogenated alkanes) is 4. The largest absolute Gasteiger partial charge is 0.463 e. The number of carbonyl (C=O) groups is 1. The number of hydrogen-bond acceptors (Lipinski definition) is 4. The highest BCUT2D eigenvalue weighted by Gasteiger charge is 2.15. The normalized spacial score (nSPS) is 12.4. The van der Waals surface area contributed by atoms with Crippen LogP contribution in [0, 0.1) is 0 Å². The Bertz CT molecular complexity index is 370. The molecule has 1 aromatic rings. The second-order valence-corrected chi connectivity index (χ2v) is 4.62. The van der Waals surface area contributed by atoms with Gasteiger partial charge in [-0.1, -0.05) is 32.6 Å². The topological polar surface area (TPSA) is 48.7 Å². The van der Waals surface area contributed by atoms with Gasteiger partial charge in [-0.25, -0.2) is 4.79 Å². The minimum Gasteiger partial charge on any atom is -0.463 e. The van der Waals surface area contributed by atoms with Crippen molar-refractivity contribution in [3.05, 3.63) is 23.7 Å². The second-order valence-electron chi connectivity index (χ2n) is 4.62. The Hall–Kier alpha value is -1.29. The number of esters is 1. The molecule has 108 valence electrons. The molecule has 0 aliphatic heterocycles. The molecule has 1 aromatic heterocycles. The van der Waals surface area contributed by atoms with E-state index in [9.17, 15) is 4.79 Å². The van der Waals surface area contributed by atoms with Gasteiger partial charge in [-0.05, 0) is 25.5 Å². The van der Waals surface area contributed by atoms with Crippen molar-refractivity contribution in [1.82, 2.24) is 0 Å². The van der Waals surface area contributed by atoms with E-state index in [4.69, 9.17) is 9.15 Å². The van der Waals surface area contributed by atoms with Crippen molar-refractivity contribution >= 4 is 5.97 Å². The predicted octanol–water partition coefficient (Wildman–Crippen LogP) is 4.11. The summed E-state index contributed by atoms with van der Waals surface area (Å²) >= 11 is 0. The number of furan rings is 1. The zero-order valence-corrected chi connectivity index (χ0v) is 12.1. The summed E-state index contributed by atoms with van der Waals surface area (Å²) in [5, 5.41) is 0. The highest BCUT2D eigenvalue weighted by Crippen LogP contribution is 2.20. The number of hydrogen-bond donors (Lipinski definition) is 0. The van der Waals surface area contributed by atoms with Crippen LogP contribution >= 0.6 is 0 Å². The molecule has 1 atom stereocenters. The van der Waals surface area contributed by atoms with Crippen LogP contribution in [0.2, 0.25) is 0 Å². The molecule has 0 fully saturated rings. The summed E-state index contributed by atoms with van der Waals surface area (Å²) in [7, 11) is 1.33. The van der Waals surface area contributed by atoms with Crippen LogP contribution in [0.15, 0.2) is 16.5 Å². The molecule has 0 amide bonds. The predicted molar refractivity (Wildman–Crippen MR) is 73.2 cm³/mol. The molecule has 0 radical (unpaired) electrons. The number of ether oxygens (including phenoxy) is 2. The molecule has 19 heavy (non-hydrogen) atoms. The van der Waals surface area contributed by atoms with Crippen LogP contribution in [0.4, 0.5) is 0 Å². The lowest BCUT2D eigenvalue weighted by molar-refractivity contribution is 0.0430. The third-order valence-corrected chi connectivity index (χ3v) is 3.03. The summed E-state index contributed by atoms with van der Waals surface area (Å²) in [4.78, 5) is 11.3. The maximum Gasteiger partial charge on any atom is 0.373 e. The molecule has 0 aliphatic rings. The standard InChI is InChI=1S/C15H24O4/c1-4-5-6-7-8-11-18-12(2)13-9-10-14(19-13)15(16)17-3/h9-10,12H,4-8,11H2,1-3H3. The highest BCUT2D eigenvalue weighted by atomic mass is 16.5. The monoisotopic (exact) mass is 268 g/mol. The first-order valence-electron chi connectivity index (χ1n) is 6.98. The summed E-state index contributed by atoms with van der Waals surface area (Å²) < 4.78 is 15.7. The molecule has 1 heterocycles. The fourth-order valence-corrected chi connectivity index (χ4v) is 1.83. The SMILES string of the molecule is CCCCCCCOC(C)c1ccc(C(=O)OC)o1. The van der Waals surface area contributed by atoms with E-state index in [0.29, 0.717) is 5.76 Å². The van der Waals surface area contributed by atoms with E-state index >= 15 is 0 Å². The van der Waals surface area contributed by atoms with Gasteiger partial charge in [-0.2, -0.15) is 0 Å². The third-order valence-electron chi connectivity index (χ3n) is 3.03. The van der Waals surface area contributed by atoms with Crippen molar-refractivity contribution in [1.29, 1.82) is 0 Å². The Morgan fingerprint density at radius 2 is 2.00 bits per heavy atom. The lowest BCUT2D eigenvalue weighted by atomic mass is 10.2. The Labute approximate surface area is 115 Å². The van der Waals surface area contributed by atoms with Crippen molar-refractivity contribution < 1.29 is 18.7 Å². The van der Waals surface area contributed by atoms with Gasteiger partial charge in [0.1, 0.15) is 11.9 Å². The van der Waals surface area contributed by atoms with Gasteiger partial charge < -0.3 is 13.9 Å². The van der Waals surface area contributed by atoms with Crippen LogP contribution in [0.25, 0.3) is 0 Å². The van der Waals surface area contributed by atoms with E-state index in [1.54, 1.807) is 12.1 Å². The number of rotatable bonds is 9. The Morgan fingerprint density at radius 1 is 1.26 bits per heavy atom. The molecule has 1 unspecified atom stereocenters. The van der Waals surface area contributed by atoms with Crippen molar-refractivity contribution in [2.75, 3.05) is 13.7 Å². The third kappa shape index (κ3) is 5.47. The maximum absolute atomic E-state index is 11.3. The highest BCUT2D eigenvalue weighted by molar-refractivity contribution is 5.86. The molecule has 0 spiro atoms. The van der Waals surface area contributed by atoms with E-state index in [-0.39, 0.29) is 11.9 Å². The average molecular weight is 268 g/mol. The zero-order chi connectivity index (χ0) is 14.1. The van der Waals surface area contributed by atoms with Crippen LogP contribution in [-0.4, -0.2) is 19.7 Å². The molecule has 0 aromatic carbocycles. The van der Waals surface area contributed by atoms with Gasteiger partial charge in [-0.15, -0.1) is 0 Å². The van der Waals surface area contributed by atoms with Gasteiger partial charge in [0.05, 0.1) is 7.11 Å². The smallest absolute Gasteiger partial charge is 0.373 e. The Balaban J connectivity index is 2.27. The zero-order valence-electron chi connectivity index (χ0n) is 12.1. The van der Waals surface area contributed by atoms with Crippen molar-refractivity contribution in [3.63, 3.8) is 0 Å². The second kappa shape index (κ2) is 8.75. The van der Waals surface area contributed by atoms with Gasteiger partial charge in [0.25, 0.3) is 0 Å². The summed E-state index contributed by atoms with van der Waals surface area (Å²) in [6.45, 7) is 4.85. The molecular formula is C15H24O4. The van der Waals surface area contributed by atoms with E-state index in [1.807, 2.05) is 6.92 Å². The summed E-state index contributed by atoms with van der Waals surface area (Å²) in [5.74, 6) is 0.419. The van der Waals surface area contributed by atoms with Gasteiger partial charge in [0, 0.05) is 6.61 Å². The molecule has 1 rings (SSSR count). The number of methoxy groups -OCH3 is 1. The van der Waals surface area contributed by atoms with Crippen LogP contribution in [0.3, 0.4) is 0 Å². The Kier molecular flexibility index (Phi) is 7.26. The van der Waals surface area contributed by atoms with Gasteiger partial charge in [0.2, 0.25) is 5.76 Å². The summed E-state index contributed by atoms with van der Waals surface area (Å²) in [6.07, 6.45) is 5.93.